The molecule has 0 atom stereocenters. The summed E-state index contributed by atoms with van der Waals surface area (Å²) in [5.74, 6) is 0. The van der Waals surface area contributed by atoms with Crippen LogP contribution in [-0.4, -0.2) is 4.57 Å². The number of hydrogen-bond donors (Lipinski definition) is 0. The fraction of sp³-hybridized carbons (Fsp3) is 0.0270. The van der Waals surface area contributed by atoms with Gasteiger partial charge in [0.05, 0.1) is 27.6 Å². The second-order valence-corrected chi connectivity index (χ2v) is 20.7. The summed E-state index contributed by atoms with van der Waals surface area (Å²) >= 11 is 0. The van der Waals surface area contributed by atoms with Crippen molar-refractivity contribution in [3.63, 3.8) is 0 Å². The van der Waals surface area contributed by atoms with Gasteiger partial charge in [-0.25, -0.2) is 0 Å². The van der Waals surface area contributed by atoms with Crippen molar-refractivity contribution < 1.29 is 0 Å². The fourth-order valence-electron chi connectivity index (χ4n) is 14.2. The topological polar surface area (TPSA) is 8.17 Å². The van der Waals surface area contributed by atoms with Gasteiger partial charge in [-0.15, -0.1) is 0 Å². The number of aromatic nitrogens is 1. The Morgan fingerprint density at radius 2 is 0.697 bits per heavy atom. The van der Waals surface area contributed by atoms with Gasteiger partial charge in [-0.2, -0.15) is 0 Å². The van der Waals surface area contributed by atoms with E-state index in [0.29, 0.717) is 0 Å². The number of benzene rings is 12. The third-order valence-electron chi connectivity index (χ3n) is 17.0. The van der Waals surface area contributed by atoms with Gasteiger partial charge in [-0.3, -0.25) is 0 Å². The van der Waals surface area contributed by atoms with Crippen LogP contribution < -0.4 is 4.90 Å². The van der Waals surface area contributed by atoms with Crippen LogP contribution in [0.5, 0.6) is 0 Å². The minimum absolute atomic E-state index is 0.619. The molecular weight excluding hydrogens is 917 g/mol. The molecule has 12 aromatic carbocycles. The lowest BCUT2D eigenvalue weighted by atomic mass is 9.52. The smallest absolute Gasteiger partial charge is 0.0740 e. The number of rotatable bonds is 6. The van der Waals surface area contributed by atoms with E-state index in [0.717, 1.165) is 33.8 Å². The van der Waals surface area contributed by atoms with Crippen molar-refractivity contribution in [2.24, 2.45) is 0 Å². The van der Waals surface area contributed by atoms with Gasteiger partial charge in [0.25, 0.3) is 0 Å². The van der Waals surface area contributed by atoms with Gasteiger partial charge in [0.15, 0.2) is 0 Å². The summed E-state index contributed by atoms with van der Waals surface area (Å²) in [5.41, 5.74) is 25.8. The van der Waals surface area contributed by atoms with E-state index < -0.39 is 10.8 Å². The maximum Gasteiger partial charge on any atom is 0.0740 e. The molecule has 0 N–H and O–H groups in total. The molecule has 0 saturated heterocycles. The van der Waals surface area contributed by atoms with Crippen molar-refractivity contribution in [2.45, 2.75) is 10.8 Å². The zero-order valence-electron chi connectivity index (χ0n) is 41.6. The molecule has 0 amide bonds. The summed E-state index contributed by atoms with van der Waals surface area (Å²) in [6.07, 6.45) is 0. The summed E-state index contributed by atoms with van der Waals surface area (Å²) in [7, 11) is 0. The minimum Gasteiger partial charge on any atom is -0.310 e. The summed E-state index contributed by atoms with van der Waals surface area (Å²) in [6, 6.07) is 109. The molecular formula is C74H48N2. The van der Waals surface area contributed by atoms with E-state index in [2.05, 4.69) is 301 Å². The van der Waals surface area contributed by atoms with Crippen molar-refractivity contribution >= 4 is 38.9 Å². The van der Waals surface area contributed by atoms with Crippen LogP contribution >= 0.6 is 0 Å². The molecule has 3 aliphatic rings. The maximum atomic E-state index is 2.57. The average Bonchev–Trinajstić information content (AvgIpc) is 4.27. The highest BCUT2D eigenvalue weighted by Gasteiger charge is 2.60. The molecule has 16 rings (SSSR count). The fourth-order valence-corrected chi connectivity index (χ4v) is 14.2. The molecule has 0 saturated carbocycles. The zero-order chi connectivity index (χ0) is 50.0. The van der Waals surface area contributed by atoms with Crippen LogP contribution in [0.1, 0.15) is 44.5 Å². The summed E-state index contributed by atoms with van der Waals surface area (Å²) < 4.78 is 2.50. The van der Waals surface area contributed by atoms with Gasteiger partial charge in [0.1, 0.15) is 0 Å². The monoisotopic (exact) mass is 964 g/mol. The van der Waals surface area contributed by atoms with Crippen LogP contribution in [-0.2, 0) is 10.8 Å². The molecule has 0 unspecified atom stereocenters. The Bertz CT molecular complexity index is 4320. The summed E-state index contributed by atoms with van der Waals surface area (Å²) in [5, 5.41) is 2.42. The second kappa shape index (κ2) is 16.4. The lowest BCUT2D eigenvalue weighted by Gasteiger charge is -2.50. The van der Waals surface area contributed by atoms with Crippen LogP contribution in [0.4, 0.5) is 17.1 Å². The number of para-hydroxylation sites is 2. The minimum atomic E-state index is -0.689. The van der Waals surface area contributed by atoms with E-state index in [1.807, 2.05) is 0 Å². The van der Waals surface area contributed by atoms with Crippen LogP contribution in [0.2, 0.25) is 0 Å². The zero-order valence-corrected chi connectivity index (χ0v) is 41.6. The van der Waals surface area contributed by atoms with Crippen LogP contribution in [0, 0.1) is 0 Å². The summed E-state index contributed by atoms with van der Waals surface area (Å²) in [6.45, 7) is 0. The predicted octanol–water partition coefficient (Wildman–Crippen LogP) is 18.6. The Kier molecular flexibility index (Phi) is 9.20. The van der Waals surface area contributed by atoms with Crippen LogP contribution in [0.25, 0.3) is 72.0 Å². The standard InChI is InChI=1S/C74H48N2/c1-4-23-49(24-5-1)51-45-52(50-25-6-2-7-26-50)47-55(46-51)76-69-41-21-14-33-60(69)61-44-43-54(48-71(61)76)75(53-27-8-3-9-28-53)70-42-22-40-68-72(70)74(64-36-17-12-31-58(64)59-32-13-18-37-65(59)74)67-39-20-19-38-66(67)73(68)62-34-15-10-29-56(62)57-30-11-16-35-63(57)73/h1-48H. The van der Waals surface area contributed by atoms with Gasteiger partial charge < -0.3 is 9.47 Å². The predicted molar refractivity (Wildman–Crippen MR) is 315 cm³/mol. The highest BCUT2D eigenvalue weighted by atomic mass is 15.1. The molecule has 354 valence electrons. The van der Waals surface area contributed by atoms with Gasteiger partial charge >= 0.3 is 0 Å². The number of hydrogen-bond acceptors (Lipinski definition) is 1. The number of anilines is 3. The number of fused-ring (bicyclic) bond motifs is 19. The first-order chi connectivity index (χ1) is 37.7. The molecule has 0 aliphatic heterocycles. The van der Waals surface area contributed by atoms with Crippen LogP contribution in [0.3, 0.4) is 0 Å². The number of nitrogens with zero attached hydrogens (tertiary/aromatic N) is 2. The van der Waals surface area contributed by atoms with Gasteiger partial charge in [0.2, 0.25) is 0 Å². The SMILES string of the molecule is c1ccc(-c2cc(-c3ccccc3)cc(-n3c4ccccc4c4ccc(N(c5ccccc5)c5cccc6c5C5(c7ccccc7-c7ccccc75)c5ccccc5C65c6ccccc6-c6ccccc65)cc43)c2)cc1. The van der Waals surface area contributed by atoms with Crippen molar-refractivity contribution in [3.8, 4) is 50.2 Å². The first-order valence-corrected chi connectivity index (χ1v) is 26.5. The van der Waals surface area contributed by atoms with Crippen molar-refractivity contribution in [1.82, 2.24) is 4.57 Å². The largest absolute Gasteiger partial charge is 0.310 e. The lowest BCUT2D eigenvalue weighted by molar-refractivity contribution is 0.633. The van der Waals surface area contributed by atoms with E-state index in [1.165, 1.54) is 99.8 Å². The Hall–Kier alpha value is -9.76. The first-order valence-electron chi connectivity index (χ1n) is 26.5. The Morgan fingerprint density at radius 1 is 0.263 bits per heavy atom. The van der Waals surface area contributed by atoms with E-state index in [1.54, 1.807) is 0 Å². The second-order valence-electron chi connectivity index (χ2n) is 20.7. The van der Waals surface area contributed by atoms with E-state index in [4.69, 9.17) is 0 Å². The maximum absolute atomic E-state index is 2.57. The highest BCUT2D eigenvalue weighted by molar-refractivity contribution is 6.11. The molecule has 76 heavy (non-hydrogen) atoms. The molecule has 2 spiro atoms. The van der Waals surface area contributed by atoms with Gasteiger partial charge in [0, 0.05) is 33.4 Å². The van der Waals surface area contributed by atoms with Crippen molar-refractivity contribution in [3.05, 3.63) is 336 Å². The third kappa shape index (κ3) is 5.76. The van der Waals surface area contributed by atoms with E-state index >= 15 is 0 Å². The average molecular weight is 965 g/mol. The van der Waals surface area contributed by atoms with Gasteiger partial charge in [-0.05, 0) is 138 Å². The molecule has 0 bridgehead atoms. The highest BCUT2D eigenvalue weighted by Crippen LogP contribution is 2.69. The Morgan fingerprint density at radius 3 is 1.26 bits per heavy atom. The molecule has 0 fully saturated rings. The van der Waals surface area contributed by atoms with Crippen molar-refractivity contribution in [2.75, 3.05) is 4.90 Å². The molecule has 2 heteroatoms. The van der Waals surface area contributed by atoms with E-state index in [-0.39, 0.29) is 0 Å². The molecule has 1 heterocycles. The Labute approximate surface area is 442 Å². The molecule has 2 nitrogen and oxygen atoms in total. The molecule has 3 aliphatic carbocycles. The normalized spacial score (nSPS) is 13.7. The molecule has 1 aromatic heterocycles. The van der Waals surface area contributed by atoms with Gasteiger partial charge in [-0.1, -0.05) is 237 Å². The third-order valence-corrected chi connectivity index (χ3v) is 17.0. The first kappa shape index (κ1) is 42.7. The van der Waals surface area contributed by atoms with Crippen molar-refractivity contribution in [1.29, 1.82) is 0 Å². The quantitative estimate of drug-likeness (QED) is 0.161. The molecule has 0 radical (unpaired) electrons. The van der Waals surface area contributed by atoms with E-state index in [9.17, 15) is 0 Å². The summed E-state index contributed by atoms with van der Waals surface area (Å²) in [4.78, 5) is 2.57. The lowest BCUT2D eigenvalue weighted by Crippen LogP contribution is -2.44. The Balaban J connectivity index is 1.03. The van der Waals surface area contributed by atoms with Crippen LogP contribution in [0.15, 0.2) is 291 Å². The molecule has 13 aromatic rings.